The number of carbonyl (C=O) groups is 1. The first kappa shape index (κ1) is 15.3. The van der Waals surface area contributed by atoms with Crippen LogP contribution < -0.4 is 15.4 Å². The smallest absolute Gasteiger partial charge is 0.246 e. The molecule has 0 aliphatic carbocycles. The molecule has 0 radical (unpaired) electrons. The first-order chi connectivity index (χ1) is 10.6. The molecule has 1 amide bonds. The lowest BCUT2D eigenvalue weighted by molar-refractivity contribution is -0.116. The molecule has 112 valence electrons. The number of nitrogens with one attached hydrogen (secondary N) is 2. The molecule has 1 aromatic heterocycles. The molecular weight excluding hydrogens is 280 g/mol. The lowest BCUT2D eigenvalue weighted by Gasteiger charge is -2.15. The molecule has 0 unspecified atom stereocenters. The van der Waals surface area contributed by atoms with E-state index < -0.39 is 6.04 Å². The van der Waals surface area contributed by atoms with Crippen molar-refractivity contribution in [3.63, 3.8) is 0 Å². The Kier molecular flexibility index (Phi) is 4.94. The molecule has 2 N–H and O–H groups in total. The fourth-order valence-corrected chi connectivity index (χ4v) is 1.82. The van der Waals surface area contributed by atoms with E-state index >= 15 is 0 Å². The largest absolute Gasteiger partial charge is 0.481 e. The first-order valence-electron chi connectivity index (χ1n) is 6.70. The SMILES string of the molecule is COc1ccc(N[C@@H](C)C(=O)Nc2cccc(C#N)c2)cn1. The Morgan fingerprint density at radius 1 is 1.32 bits per heavy atom. The van der Waals surface area contributed by atoms with Crippen LogP contribution in [0.2, 0.25) is 0 Å². The van der Waals surface area contributed by atoms with Gasteiger partial charge in [0.15, 0.2) is 0 Å². The molecule has 0 spiro atoms. The monoisotopic (exact) mass is 296 g/mol. The van der Waals surface area contributed by atoms with Crippen LogP contribution in [-0.2, 0) is 4.79 Å². The highest BCUT2D eigenvalue weighted by Gasteiger charge is 2.13. The second kappa shape index (κ2) is 7.09. The van der Waals surface area contributed by atoms with E-state index in [1.54, 1.807) is 56.6 Å². The molecule has 0 saturated carbocycles. The fourth-order valence-electron chi connectivity index (χ4n) is 1.82. The van der Waals surface area contributed by atoms with Crippen LogP contribution in [0, 0.1) is 11.3 Å². The van der Waals surface area contributed by atoms with Crippen LogP contribution in [0.15, 0.2) is 42.6 Å². The van der Waals surface area contributed by atoms with E-state index in [0.29, 0.717) is 22.8 Å². The van der Waals surface area contributed by atoms with Gasteiger partial charge in [-0.2, -0.15) is 5.26 Å². The van der Waals surface area contributed by atoms with Gasteiger partial charge in [0.25, 0.3) is 0 Å². The van der Waals surface area contributed by atoms with E-state index in [0.717, 1.165) is 0 Å². The molecule has 6 nitrogen and oxygen atoms in total. The molecule has 0 fully saturated rings. The lowest BCUT2D eigenvalue weighted by Crippen LogP contribution is -2.31. The van der Waals surface area contributed by atoms with Gasteiger partial charge < -0.3 is 15.4 Å². The second-order valence-electron chi connectivity index (χ2n) is 4.64. The zero-order valence-corrected chi connectivity index (χ0v) is 12.3. The van der Waals surface area contributed by atoms with Gasteiger partial charge in [0, 0.05) is 11.8 Å². The maximum atomic E-state index is 12.1. The van der Waals surface area contributed by atoms with Gasteiger partial charge in [-0.25, -0.2) is 4.98 Å². The second-order valence-corrected chi connectivity index (χ2v) is 4.64. The summed E-state index contributed by atoms with van der Waals surface area (Å²) >= 11 is 0. The van der Waals surface area contributed by atoms with Crippen molar-refractivity contribution in [3.8, 4) is 11.9 Å². The zero-order valence-electron chi connectivity index (χ0n) is 12.3. The topological polar surface area (TPSA) is 87.0 Å². The summed E-state index contributed by atoms with van der Waals surface area (Å²) in [5.74, 6) is 0.307. The summed E-state index contributed by atoms with van der Waals surface area (Å²) in [6.07, 6.45) is 1.60. The number of hydrogen-bond donors (Lipinski definition) is 2. The molecule has 2 rings (SSSR count). The van der Waals surface area contributed by atoms with Crippen LogP contribution in [0.4, 0.5) is 11.4 Å². The number of nitriles is 1. The number of aromatic nitrogens is 1. The molecule has 22 heavy (non-hydrogen) atoms. The van der Waals surface area contributed by atoms with Gasteiger partial charge in [0.2, 0.25) is 11.8 Å². The number of benzene rings is 1. The Morgan fingerprint density at radius 3 is 2.77 bits per heavy atom. The zero-order chi connectivity index (χ0) is 15.9. The van der Waals surface area contributed by atoms with Crippen LogP contribution in [0.3, 0.4) is 0 Å². The molecule has 1 aromatic carbocycles. The minimum absolute atomic E-state index is 0.203. The highest BCUT2D eigenvalue weighted by atomic mass is 16.5. The van der Waals surface area contributed by atoms with E-state index in [1.807, 2.05) is 6.07 Å². The van der Waals surface area contributed by atoms with Crippen LogP contribution in [0.5, 0.6) is 5.88 Å². The van der Waals surface area contributed by atoms with Crippen molar-refractivity contribution >= 4 is 17.3 Å². The molecule has 6 heteroatoms. The van der Waals surface area contributed by atoms with Gasteiger partial charge in [0.05, 0.1) is 30.6 Å². The Labute approximate surface area is 128 Å². The number of rotatable bonds is 5. The van der Waals surface area contributed by atoms with Crippen molar-refractivity contribution in [2.75, 3.05) is 17.7 Å². The summed E-state index contributed by atoms with van der Waals surface area (Å²) in [6, 6.07) is 11.8. The van der Waals surface area contributed by atoms with Gasteiger partial charge >= 0.3 is 0 Å². The number of methoxy groups -OCH3 is 1. The number of amides is 1. The fraction of sp³-hybridized carbons (Fsp3) is 0.188. The Morgan fingerprint density at radius 2 is 2.14 bits per heavy atom. The van der Waals surface area contributed by atoms with Gasteiger partial charge in [-0.1, -0.05) is 6.07 Å². The maximum absolute atomic E-state index is 12.1. The van der Waals surface area contributed by atoms with Crippen molar-refractivity contribution in [1.29, 1.82) is 5.26 Å². The minimum atomic E-state index is -0.457. The van der Waals surface area contributed by atoms with Crippen molar-refractivity contribution in [3.05, 3.63) is 48.2 Å². The van der Waals surface area contributed by atoms with Gasteiger partial charge in [0.1, 0.15) is 6.04 Å². The third kappa shape index (κ3) is 3.96. The van der Waals surface area contributed by atoms with Crippen LogP contribution in [-0.4, -0.2) is 24.0 Å². The standard InChI is InChI=1S/C16H16N4O2/c1-11(19-14-6-7-15(22-2)18-10-14)16(21)20-13-5-3-4-12(8-13)9-17/h3-8,10-11,19H,1-2H3,(H,20,21)/t11-/m0/s1. The summed E-state index contributed by atoms with van der Waals surface area (Å²) in [6.45, 7) is 1.74. The average molecular weight is 296 g/mol. The number of nitrogens with zero attached hydrogens (tertiary/aromatic N) is 2. The highest BCUT2D eigenvalue weighted by Crippen LogP contribution is 2.14. The summed E-state index contributed by atoms with van der Waals surface area (Å²) in [5, 5.41) is 14.7. The van der Waals surface area contributed by atoms with Crippen LogP contribution in [0.1, 0.15) is 12.5 Å². The summed E-state index contributed by atoms with van der Waals surface area (Å²) < 4.78 is 4.98. The Hall–Kier alpha value is -3.07. The van der Waals surface area contributed by atoms with Crippen molar-refractivity contribution < 1.29 is 9.53 Å². The summed E-state index contributed by atoms with van der Waals surface area (Å²) in [5.41, 5.74) is 1.80. The predicted octanol–water partition coefficient (Wildman–Crippen LogP) is 2.40. The molecule has 1 heterocycles. The predicted molar refractivity (Wildman–Crippen MR) is 83.7 cm³/mol. The quantitative estimate of drug-likeness (QED) is 0.884. The van der Waals surface area contributed by atoms with E-state index in [1.165, 1.54) is 0 Å². The number of pyridine rings is 1. The van der Waals surface area contributed by atoms with Crippen molar-refractivity contribution in [2.24, 2.45) is 0 Å². The molecule has 0 aliphatic heterocycles. The van der Waals surface area contributed by atoms with Crippen molar-refractivity contribution in [1.82, 2.24) is 4.98 Å². The number of anilines is 2. The molecule has 0 saturated heterocycles. The van der Waals surface area contributed by atoms with E-state index in [9.17, 15) is 4.79 Å². The van der Waals surface area contributed by atoms with Crippen molar-refractivity contribution in [2.45, 2.75) is 13.0 Å². The third-order valence-electron chi connectivity index (χ3n) is 2.98. The van der Waals surface area contributed by atoms with E-state index in [2.05, 4.69) is 15.6 Å². The van der Waals surface area contributed by atoms with Crippen LogP contribution >= 0.6 is 0 Å². The van der Waals surface area contributed by atoms with E-state index in [-0.39, 0.29) is 5.91 Å². The Balaban J connectivity index is 1.97. The maximum Gasteiger partial charge on any atom is 0.246 e. The summed E-state index contributed by atoms with van der Waals surface area (Å²) in [4.78, 5) is 16.2. The molecule has 1 atom stereocenters. The molecule has 2 aromatic rings. The van der Waals surface area contributed by atoms with Gasteiger partial charge in [-0.15, -0.1) is 0 Å². The van der Waals surface area contributed by atoms with Gasteiger partial charge in [-0.05, 0) is 31.2 Å². The van der Waals surface area contributed by atoms with Gasteiger partial charge in [-0.3, -0.25) is 4.79 Å². The molecule has 0 bridgehead atoms. The lowest BCUT2D eigenvalue weighted by atomic mass is 10.2. The molecule has 0 aliphatic rings. The number of ether oxygens (including phenoxy) is 1. The highest BCUT2D eigenvalue weighted by molar-refractivity contribution is 5.96. The first-order valence-corrected chi connectivity index (χ1v) is 6.70. The Bertz CT molecular complexity index is 692. The minimum Gasteiger partial charge on any atom is -0.481 e. The normalized spacial score (nSPS) is 11.1. The third-order valence-corrected chi connectivity index (χ3v) is 2.98. The number of hydrogen-bond acceptors (Lipinski definition) is 5. The average Bonchev–Trinajstić information content (AvgIpc) is 2.55. The summed E-state index contributed by atoms with van der Waals surface area (Å²) in [7, 11) is 1.54. The van der Waals surface area contributed by atoms with E-state index in [4.69, 9.17) is 10.00 Å². The molecular formula is C16H16N4O2. The van der Waals surface area contributed by atoms with Crippen LogP contribution in [0.25, 0.3) is 0 Å². The number of carbonyl (C=O) groups excluding carboxylic acids is 1.